The number of hydrogen-bond donors (Lipinski definition) is 1. The van der Waals surface area contributed by atoms with Crippen LogP contribution in [0.3, 0.4) is 0 Å². The van der Waals surface area contributed by atoms with Crippen LogP contribution in [0.2, 0.25) is 0 Å². The molecule has 0 spiro atoms. The van der Waals surface area contributed by atoms with Crippen LogP contribution in [0, 0.1) is 18.8 Å². The smallest absolute Gasteiger partial charge is 0.253 e. The third-order valence-corrected chi connectivity index (χ3v) is 8.09. The molecule has 142 valence electrons. The number of amides is 1. The summed E-state index contributed by atoms with van der Waals surface area (Å²) in [6.07, 6.45) is 2.89. The van der Waals surface area contributed by atoms with Crippen molar-refractivity contribution >= 4 is 15.9 Å². The van der Waals surface area contributed by atoms with Crippen LogP contribution < -0.4 is 5.32 Å². The van der Waals surface area contributed by atoms with Crippen LogP contribution in [0.1, 0.15) is 35.2 Å². The second-order valence-corrected chi connectivity index (χ2v) is 9.74. The summed E-state index contributed by atoms with van der Waals surface area (Å²) < 4.78 is 27.7. The van der Waals surface area contributed by atoms with Gasteiger partial charge >= 0.3 is 0 Å². The average molecular weight is 378 g/mol. The lowest BCUT2D eigenvalue weighted by Crippen LogP contribution is -2.36. The SMILES string of the molecule is Cc1ccc(C(=O)N2C[C@H]3CNC[C@H]3C2)cc1S(=O)(=O)N1CCCCC1. The van der Waals surface area contributed by atoms with E-state index in [9.17, 15) is 13.2 Å². The molecule has 1 aromatic carbocycles. The number of fused-ring (bicyclic) bond motifs is 1. The lowest BCUT2D eigenvalue weighted by Gasteiger charge is -2.27. The van der Waals surface area contributed by atoms with E-state index in [0.717, 1.165) is 45.4 Å². The van der Waals surface area contributed by atoms with Gasteiger partial charge in [0.15, 0.2) is 0 Å². The Bertz CT molecular complexity index is 790. The zero-order chi connectivity index (χ0) is 18.3. The maximum absolute atomic E-state index is 13.1. The number of likely N-dealkylation sites (tertiary alicyclic amines) is 1. The second kappa shape index (κ2) is 6.94. The molecule has 1 N–H and O–H groups in total. The number of benzene rings is 1. The lowest BCUT2D eigenvalue weighted by atomic mass is 10.0. The number of nitrogens with zero attached hydrogens (tertiary/aromatic N) is 2. The molecule has 26 heavy (non-hydrogen) atoms. The molecule has 0 saturated carbocycles. The summed E-state index contributed by atoms with van der Waals surface area (Å²) in [7, 11) is -3.53. The summed E-state index contributed by atoms with van der Waals surface area (Å²) in [6.45, 7) is 6.41. The van der Waals surface area contributed by atoms with Gasteiger partial charge in [-0.2, -0.15) is 4.31 Å². The maximum atomic E-state index is 13.1. The number of aryl methyl sites for hydroxylation is 1. The van der Waals surface area contributed by atoms with Crippen molar-refractivity contribution in [3.8, 4) is 0 Å². The van der Waals surface area contributed by atoms with E-state index in [1.165, 1.54) is 0 Å². The number of sulfonamides is 1. The quantitative estimate of drug-likeness (QED) is 0.866. The van der Waals surface area contributed by atoms with Crippen molar-refractivity contribution in [1.29, 1.82) is 0 Å². The minimum atomic E-state index is -3.53. The summed E-state index contributed by atoms with van der Waals surface area (Å²) in [5.74, 6) is 1.01. The second-order valence-electron chi connectivity index (χ2n) is 7.83. The number of piperidine rings is 1. The number of carbonyl (C=O) groups excluding carboxylic acids is 1. The summed E-state index contributed by atoms with van der Waals surface area (Å²) in [5, 5.41) is 3.37. The maximum Gasteiger partial charge on any atom is 0.253 e. The molecule has 1 amide bonds. The highest BCUT2D eigenvalue weighted by Crippen LogP contribution is 2.29. The number of hydrogen-bond acceptors (Lipinski definition) is 4. The Morgan fingerprint density at radius 3 is 2.38 bits per heavy atom. The summed E-state index contributed by atoms with van der Waals surface area (Å²) in [4.78, 5) is 15.1. The van der Waals surface area contributed by atoms with Crippen LogP contribution in [0.4, 0.5) is 0 Å². The predicted octanol–water partition coefficient (Wildman–Crippen LogP) is 1.46. The van der Waals surface area contributed by atoms with Gasteiger partial charge in [0.1, 0.15) is 0 Å². The largest absolute Gasteiger partial charge is 0.338 e. The van der Waals surface area contributed by atoms with Crippen molar-refractivity contribution < 1.29 is 13.2 Å². The van der Waals surface area contributed by atoms with Crippen LogP contribution >= 0.6 is 0 Å². The molecule has 2 atom stereocenters. The van der Waals surface area contributed by atoms with Crippen molar-refractivity contribution in [1.82, 2.24) is 14.5 Å². The van der Waals surface area contributed by atoms with Gasteiger partial charge in [0, 0.05) is 44.8 Å². The van der Waals surface area contributed by atoms with E-state index in [0.29, 0.717) is 36.1 Å². The van der Waals surface area contributed by atoms with Crippen LogP contribution in [0.15, 0.2) is 23.1 Å². The van der Waals surface area contributed by atoms with E-state index >= 15 is 0 Å². The first-order valence-electron chi connectivity index (χ1n) is 9.57. The molecule has 4 rings (SSSR count). The van der Waals surface area contributed by atoms with Crippen molar-refractivity contribution in [3.05, 3.63) is 29.3 Å². The van der Waals surface area contributed by atoms with Crippen molar-refractivity contribution in [2.45, 2.75) is 31.1 Å². The minimum Gasteiger partial charge on any atom is -0.338 e. The predicted molar refractivity (Wildman–Crippen MR) is 99.5 cm³/mol. The number of carbonyl (C=O) groups is 1. The topological polar surface area (TPSA) is 69.7 Å². The first-order valence-corrected chi connectivity index (χ1v) is 11.0. The lowest BCUT2D eigenvalue weighted by molar-refractivity contribution is 0.0781. The van der Waals surface area contributed by atoms with Gasteiger partial charge < -0.3 is 10.2 Å². The van der Waals surface area contributed by atoms with Gasteiger partial charge in [-0.25, -0.2) is 8.42 Å². The van der Waals surface area contributed by atoms with E-state index in [4.69, 9.17) is 0 Å². The Hall–Kier alpha value is -1.44. The highest BCUT2D eigenvalue weighted by molar-refractivity contribution is 7.89. The van der Waals surface area contributed by atoms with Crippen molar-refractivity contribution in [2.75, 3.05) is 39.3 Å². The molecule has 0 unspecified atom stereocenters. The van der Waals surface area contributed by atoms with Crippen LogP contribution in [0.5, 0.6) is 0 Å². The molecule has 3 aliphatic rings. The molecule has 3 aliphatic heterocycles. The molecule has 3 heterocycles. The minimum absolute atomic E-state index is 0.0468. The summed E-state index contributed by atoms with van der Waals surface area (Å²) in [6, 6.07) is 5.12. The fourth-order valence-corrected chi connectivity index (χ4v) is 6.23. The number of nitrogens with one attached hydrogen (secondary N) is 1. The van der Waals surface area contributed by atoms with Gasteiger partial charge in [0.2, 0.25) is 10.0 Å². The van der Waals surface area contributed by atoms with Gasteiger partial charge in [0.05, 0.1) is 4.90 Å². The zero-order valence-corrected chi connectivity index (χ0v) is 16.1. The van der Waals surface area contributed by atoms with E-state index in [1.807, 2.05) is 4.90 Å². The van der Waals surface area contributed by atoms with Gasteiger partial charge in [-0.3, -0.25) is 4.79 Å². The Balaban J connectivity index is 1.59. The first-order chi connectivity index (χ1) is 12.5. The Morgan fingerprint density at radius 2 is 1.73 bits per heavy atom. The molecular weight excluding hydrogens is 350 g/mol. The summed E-state index contributed by atoms with van der Waals surface area (Å²) >= 11 is 0. The molecule has 0 bridgehead atoms. The molecule has 0 aliphatic carbocycles. The van der Waals surface area contributed by atoms with Crippen LogP contribution in [0.25, 0.3) is 0 Å². The molecule has 7 heteroatoms. The van der Waals surface area contributed by atoms with E-state index in [-0.39, 0.29) is 10.8 Å². The first kappa shape index (κ1) is 17.9. The highest BCUT2D eigenvalue weighted by atomic mass is 32.2. The Kier molecular flexibility index (Phi) is 4.79. The molecule has 1 aromatic rings. The van der Waals surface area contributed by atoms with Crippen LogP contribution in [-0.2, 0) is 10.0 Å². The third-order valence-electron chi connectivity index (χ3n) is 6.04. The molecule has 0 aromatic heterocycles. The highest BCUT2D eigenvalue weighted by Gasteiger charge is 2.38. The molecule has 6 nitrogen and oxygen atoms in total. The Labute approximate surface area is 155 Å². The van der Waals surface area contributed by atoms with Gasteiger partial charge in [-0.15, -0.1) is 0 Å². The average Bonchev–Trinajstić information content (AvgIpc) is 3.24. The van der Waals surface area contributed by atoms with E-state index < -0.39 is 10.0 Å². The van der Waals surface area contributed by atoms with Gasteiger partial charge in [-0.1, -0.05) is 12.5 Å². The molecule has 3 fully saturated rings. The molecule has 3 saturated heterocycles. The fourth-order valence-electron chi connectivity index (χ4n) is 4.46. The van der Waals surface area contributed by atoms with E-state index in [1.54, 1.807) is 29.4 Å². The van der Waals surface area contributed by atoms with Gasteiger partial charge in [-0.05, 0) is 49.3 Å². The van der Waals surface area contributed by atoms with Crippen LogP contribution in [-0.4, -0.2) is 62.8 Å². The number of rotatable bonds is 3. The van der Waals surface area contributed by atoms with Crippen molar-refractivity contribution in [2.24, 2.45) is 11.8 Å². The van der Waals surface area contributed by atoms with Crippen molar-refractivity contribution in [3.63, 3.8) is 0 Å². The molecule has 0 radical (unpaired) electrons. The zero-order valence-electron chi connectivity index (χ0n) is 15.3. The normalized spacial score (nSPS) is 26.9. The standard InChI is InChI=1S/C19H27N3O3S/c1-14-5-6-15(19(23)21-12-16-10-20-11-17(16)13-21)9-18(14)26(24,25)22-7-3-2-4-8-22/h5-6,9,16-17,20H,2-4,7-8,10-13H2,1H3/t16-,17+. The van der Waals surface area contributed by atoms with E-state index in [2.05, 4.69) is 5.32 Å². The summed E-state index contributed by atoms with van der Waals surface area (Å²) in [5.41, 5.74) is 1.19. The Morgan fingerprint density at radius 1 is 1.08 bits per heavy atom. The molecular formula is C19H27N3O3S. The fraction of sp³-hybridized carbons (Fsp3) is 0.632. The van der Waals surface area contributed by atoms with Gasteiger partial charge in [0.25, 0.3) is 5.91 Å². The third kappa shape index (κ3) is 3.17. The monoisotopic (exact) mass is 377 g/mol.